The smallest absolute Gasteiger partial charge is 0.358 e. The summed E-state index contributed by atoms with van der Waals surface area (Å²) < 4.78 is 19.5. The molecule has 1 aromatic carbocycles. The van der Waals surface area contributed by atoms with Gasteiger partial charge in [0.25, 0.3) is 0 Å². The van der Waals surface area contributed by atoms with Crippen LogP contribution in [0.4, 0.5) is 4.39 Å². The molecule has 0 spiro atoms. The molecule has 1 N–H and O–H groups in total. The number of carboxylic acid groups (broad SMARTS) is 1. The topological polar surface area (TPSA) is 77.2 Å². The van der Waals surface area contributed by atoms with Gasteiger partial charge in [-0.2, -0.15) is 0 Å². The largest absolute Gasteiger partial charge is 0.497 e. The highest BCUT2D eigenvalue weighted by Gasteiger charge is 2.12. The Morgan fingerprint density at radius 1 is 1.53 bits per heavy atom. The van der Waals surface area contributed by atoms with Crippen LogP contribution in [0.2, 0.25) is 0 Å². The Balaban J connectivity index is 2.47. The van der Waals surface area contributed by atoms with E-state index in [-0.39, 0.29) is 11.4 Å². The van der Waals surface area contributed by atoms with Crippen LogP contribution < -0.4 is 4.74 Å². The molecule has 17 heavy (non-hydrogen) atoms. The van der Waals surface area contributed by atoms with E-state index in [2.05, 4.69) is 10.3 Å². The summed E-state index contributed by atoms with van der Waals surface area (Å²) in [6.07, 6.45) is 1.13. The number of benzene rings is 1. The third-order valence-corrected chi connectivity index (χ3v) is 2.11. The first kappa shape index (κ1) is 11.1. The molecule has 0 unspecified atom stereocenters. The summed E-state index contributed by atoms with van der Waals surface area (Å²) >= 11 is 0. The normalized spacial score (nSPS) is 10.2. The van der Waals surface area contributed by atoms with Gasteiger partial charge in [-0.15, -0.1) is 5.10 Å². The molecule has 0 atom stereocenters. The Kier molecular flexibility index (Phi) is 2.73. The van der Waals surface area contributed by atoms with Gasteiger partial charge in [0.15, 0.2) is 5.69 Å². The number of hydrogen-bond acceptors (Lipinski definition) is 4. The highest BCUT2D eigenvalue weighted by molar-refractivity contribution is 5.84. The SMILES string of the molecule is COc1ccc(F)c(-n2cc(C(=O)O)nn2)c1. The highest BCUT2D eigenvalue weighted by Crippen LogP contribution is 2.19. The van der Waals surface area contributed by atoms with E-state index < -0.39 is 11.8 Å². The molecular weight excluding hydrogens is 229 g/mol. The van der Waals surface area contributed by atoms with Crippen LogP contribution >= 0.6 is 0 Å². The Labute approximate surface area is 95.2 Å². The van der Waals surface area contributed by atoms with Crippen molar-refractivity contribution >= 4 is 5.97 Å². The number of carboxylic acids is 1. The van der Waals surface area contributed by atoms with Gasteiger partial charge in [0.1, 0.15) is 17.3 Å². The van der Waals surface area contributed by atoms with Gasteiger partial charge in [0.2, 0.25) is 0 Å². The predicted octanol–water partition coefficient (Wildman–Crippen LogP) is 1.11. The summed E-state index contributed by atoms with van der Waals surface area (Å²) in [5.74, 6) is -1.33. The van der Waals surface area contributed by atoms with Crippen molar-refractivity contribution in [2.24, 2.45) is 0 Å². The number of halogens is 1. The average molecular weight is 237 g/mol. The minimum absolute atomic E-state index is 0.0735. The summed E-state index contributed by atoms with van der Waals surface area (Å²) in [6, 6.07) is 4.06. The summed E-state index contributed by atoms with van der Waals surface area (Å²) in [5.41, 5.74) is -0.184. The predicted molar refractivity (Wildman–Crippen MR) is 54.8 cm³/mol. The lowest BCUT2D eigenvalue weighted by molar-refractivity contribution is 0.0690. The Bertz CT molecular complexity index is 568. The molecule has 2 rings (SSSR count). The Morgan fingerprint density at radius 3 is 2.88 bits per heavy atom. The van der Waals surface area contributed by atoms with Gasteiger partial charge in [-0.05, 0) is 12.1 Å². The Hall–Kier alpha value is -2.44. The van der Waals surface area contributed by atoms with E-state index >= 15 is 0 Å². The molecule has 0 aliphatic rings. The van der Waals surface area contributed by atoms with E-state index in [0.717, 1.165) is 10.9 Å². The number of methoxy groups -OCH3 is 1. The van der Waals surface area contributed by atoms with Crippen molar-refractivity contribution in [3.8, 4) is 11.4 Å². The van der Waals surface area contributed by atoms with Crippen LogP contribution in [0, 0.1) is 5.82 Å². The third kappa shape index (κ3) is 2.07. The van der Waals surface area contributed by atoms with Gasteiger partial charge >= 0.3 is 5.97 Å². The van der Waals surface area contributed by atoms with Crippen LogP contribution in [0.15, 0.2) is 24.4 Å². The van der Waals surface area contributed by atoms with Crippen molar-refractivity contribution in [1.82, 2.24) is 15.0 Å². The van der Waals surface area contributed by atoms with Crippen molar-refractivity contribution in [2.45, 2.75) is 0 Å². The van der Waals surface area contributed by atoms with E-state index in [1.807, 2.05) is 0 Å². The fourth-order valence-electron chi connectivity index (χ4n) is 1.27. The molecule has 0 saturated heterocycles. The van der Waals surface area contributed by atoms with Crippen molar-refractivity contribution in [3.63, 3.8) is 0 Å². The molecule has 2 aromatic rings. The van der Waals surface area contributed by atoms with Gasteiger partial charge < -0.3 is 9.84 Å². The minimum Gasteiger partial charge on any atom is -0.497 e. The lowest BCUT2D eigenvalue weighted by Crippen LogP contribution is -1.99. The molecule has 0 amide bonds. The molecule has 0 fully saturated rings. The van der Waals surface area contributed by atoms with E-state index in [1.54, 1.807) is 0 Å². The fourth-order valence-corrected chi connectivity index (χ4v) is 1.27. The van der Waals surface area contributed by atoms with Crippen LogP contribution in [0.5, 0.6) is 5.75 Å². The first-order chi connectivity index (χ1) is 8.11. The second-order valence-electron chi connectivity index (χ2n) is 3.17. The number of rotatable bonds is 3. The van der Waals surface area contributed by atoms with Crippen LogP contribution in [0.25, 0.3) is 5.69 Å². The van der Waals surface area contributed by atoms with Gasteiger partial charge in [-0.3, -0.25) is 0 Å². The van der Waals surface area contributed by atoms with Crippen LogP contribution in [0.3, 0.4) is 0 Å². The van der Waals surface area contributed by atoms with Crippen LogP contribution in [0.1, 0.15) is 10.5 Å². The average Bonchev–Trinajstić information content (AvgIpc) is 2.79. The lowest BCUT2D eigenvalue weighted by atomic mass is 10.3. The molecule has 0 aliphatic heterocycles. The van der Waals surface area contributed by atoms with Crippen molar-refractivity contribution in [1.29, 1.82) is 0 Å². The van der Waals surface area contributed by atoms with Gasteiger partial charge in [0.05, 0.1) is 13.3 Å². The summed E-state index contributed by atoms with van der Waals surface area (Å²) in [7, 11) is 1.45. The third-order valence-electron chi connectivity index (χ3n) is 2.11. The maximum atomic E-state index is 13.5. The van der Waals surface area contributed by atoms with E-state index in [1.165, 1.54) is 25.3 Å². The first-order valence-corrected chi connectivity index (χ1v) is 4.61. The van der Waals surface area contributed by atoms with Crippen LogP contribution in [-0.4, -0.2) is 33.2 Å². The zero-order valence-corrected chi connectivity index (χ0v) is 8.79. The van der Waals surface area contributed by atoms with Crippen molar-refractivity contribution in [2.75, 3.05) is 7.11 Å². The minimum atomic E-state index is -1.22. The molecule has 6 nitrogen and oxygen atoms in total. The monoisotopic (exact) mass is 237 g/mol. The number of hydrogen-bond donors (Lipinski definition) is 1. The molecule has 7 heteroatoms. The number of aromatic carboxylic acids is 1. The molecule has 0 radical (unpaired) electrons. The second-order valence-corrected chi connectivity index (χ2v) is 3.17. The molecule has 0 aliphatic carbocycles. The zero-order chi connectivity index (χ0) is 12.4. The Morgan fingerprint density at radius 2 is 2.29 bits per heavy atom. The van der Waals surface area contributed by atoms with Gasteiger partial charge in [-0.25, -0.2) is 13.9 Å². The lowest BCUT2D eigenvalue weighted by Gasteiger charge is -2.04. The van der Waals surface area contributed by atoms with Crippen molar-refractivity contribution < 1.29 is 19.0 Å². The standard InChI is InChI=1S/C10H8FN3O3/c1-17-6-2-3-7(11)9(4-6)14-5-8(10(15)16)12-13-14/h2-5H,1H3,(H,15,16). The van der Waals surface area contributed by atoms with Crippen molar-refractivity contribution in [3.05, 3.63) is 35.9 Å². The van der Waals surface area contributed by atoms with E-state index in [0.29, 0.717) is 5.75 Å². The molecule has 0 saturated carbocycles. The number of ether oxygens (including phenoxy) is 1. The number of nitrogens with zero attached hydrogens (tertiary/aromatic N) is 3. The van der Waals surface area contributed by atoms with E-state index in [4.69, 9.17) is 9.84 Å². The molecule has 0 bridgehead atoms. The van der Waals surface area contributed by atoms with E-state index in [9.17, 15) is 9.18 Å². The zero-order valence-electron chi connectivity index (χ0n) is 8.79. The number of carbonyl (C=O) groups is 1. The maximum Gasteiger partial charge on any atom is 0.358 e. The van der Waals surface area contributed by atoms with Crippen LogP contribution in [-0.2, 0) is 0 Å². The maximum absolute atomic E-state index is 13.5. The van der Waals surface area contributed by atoms with Gasteiger partial charge in [-0.1, -0.05) is 5.21 Å². The fraction of sp³-hybridized carbons (Fsp3) is 0.100. The molecule has 1 heterocycles. The second kappa shape index (κ2) is 4.20. The summed E-state index contributed by atoms with van der Waals surface area (Å²) in [5, 5.41) is 15.6. The molecule has 1 aromatic heterocycles. The molecule has 88 valence electrons. The summed E-state index contributed by atoms with van der Waals surface area (Å²) in [4.78, 5) is 10.6. The number of aromatic nitrogens is 3. The molecular formula is C10H8FN3O3. The summed E-state index contributed by atoms with van der Waals surface area (Å²) in [6.45, 7) is 0. The quantitative estimate of drug-likeness (QED) is 0.865. The highest BCUT2D eigenvalue weighted by atomic mass is 19.1. The first-order valence-electron chi connectivity index (χ1n) is 4.61. The van der Waals surface area contributed by atoms with Gasteiger partial charge in [0, 0.05) is 6.07 Å².